The van der Waals surface area contributed by atoms with E-state index in [1.54, 1.807) is 12.1 Å². The number of esters is 1. The van der Waals surface area contributed by atoms with E-state index in [1.165, 1.54) is 24.3 Å². The number of rotatable bonds is 8. The molecule has 0 spiro atoms. The number of carbonyl (C=O) groups is 1. The summed E-state index contributed by atoms with van der Waals surface area (Å²) in [7, 11) is 0. The number of aliphatic imine (C=N–C) groups is 1. The monoisotopic (exact) mass is 512 g/mol. The van der Waals surface area contributed by atoms with Gasteiger partial charge in [-0.2, -0.15) is 0 Å². The number of nitrogens with zero attached hydrogens (tertiary/aromatic N) is 2. The van der Waals surface area contributed by atoms with E-state index in [0.717, 1.165) is 5.56 Å². The summed E-state index contributed by atoms with van der Waals surface area (Å²) in [6.45, 7) is 2.49. The van der Waals surface area contributed by atoms with Gasteiger partial charge in [0, 0.05) is 12.1 Å². The molecule has 0 atom stereocenters. The van der Waals surface area contributed by atoms with Gasteiger partial charge in [0.15, 0.2) is 17.2 Å². The van der Waals surface area contributed by atoms with E-state index in [9.17, 15) is 14.9 Å². The summed E-state index contributed by atoms with van der Waals surface area (Å²) in [4.78, 5) is 27.1. The highest BCUT2D eigenvalue weighted by molar-refractivity contribution is 6.34. The van der Waals surface area contributed by atoms with Gasteiger partial charge in [0.1, 0.15) is 6.61 Å². The lowest BCUT2D eigenvalue weighted by atomic mass is 10.1. The molecule has 1 heterocycles. The fourth-order valence-corrected chi connectivity index (χ4v) is 3.75. The van der Waals surface area contributed by atoms with Crippen molar-refractivity contribution in [3.63, 3.8) is 0 Å². The molecule has 1 aliphatic rings. The van der Waals surface area contributed by atoms with Gasteiger partial charge < -0.3 is 14.2 Å². The summed E-state index contributed by atoms with van der Waals surface area (Å²) < 4.78 is 16.8. The summed E-state index contributed by atoms with van der Waals surface area (Å²) >= 11 is 12.6. The van der Waals surface area contributed by atoms with Crippen LogP contribution in [0.2, 0.25) is 10.0 Å². The van der Waals surface area contributed by atoms with Crippen LogP contribution >= 0.6 is 23.2 Å². The first kappa shape index (κ1) is 24.3. The third-order valence-corrected chi connectivity index (χ3v) is 5.48. The van der Waals surface area contributed by atoms with Gasteiger partial charge in [-0.3, -0.25) is 10.1 Å². The van der Waals surface area contributed by atoms with Crippen LogP contribution in [0.5, 0.6) is 11.5 Å². The minimum atomic E-state index is -0.735. The Kier molecular flexibility index (Phi) is 7.33. The van der Waals surface area contributed by atoms with Crippen molar-refractivity contribution in [2.45, 2.75) is 13.5 Å². The molecule has 3 aromatic rings. The predicted octanol–water partition coefficient (Wildman–Crippen LogP) is 6.22. The summed E-state index contributed by atoms with van der Waals surface area (Å²) in [6.07, 6.45) is 1.47. The van der Waals surface area contributed by atoms with Crippen LogP contribution in [0.1, 0.15) is 23.6 Å². The quantitative estimate of drug-likeness (QED) is 0.153. The first-order valence-corrected chi connectivity index (χ1v) is 11.2. The lowest BCUT2D eigenvalue weighted by Crippen LogP contribution is -2.06. The van der Waals surface area contributed by atoms with Crippen LogP contribution in [-0.2, 0) is 16.1 Å². The maximum atomic E-state index is 12.4. The molecule has 178 valence electrons. The molecule has 10 heteroatoms. The SMILES string of the molecule is CCOc1cc(/C=C2\N=C(c3cc([N+](=O)[O-])ccc3Cl)OC2=O)cc(Cl)c1OCc1ccccc1. The Balaban J connectivity index is 1.64. The Labute approximate surface area is 210 Å². The molecule has 0 fully saturated rings. The van der Waals surface area contributed by atoms with Crippen LogP contribution in [0, 0.1) is 10.1 Å². The number of non-ortho nitro benzene ring substituents is 1. The first-order chi connectivity index (χ1) is 16.9. The van der Waals surface area contributed by atoms with Crippen molar-refractivity contribution >= 4 is 46.8 Å². The second-order valence-corrected chi connectivity index (χ2v) is 8.11. The molecule has 0 bridgehead atoms. The first-order valence-electron chi connectivity index (χ1n) is 10.5. The second kappa shape index (κ2) is 10.6. The number of cyclic esters (lactones) is 1. The van der Waals surface area contributed by atoms with Gasteiger partial charge in [0.25, 0.3) is 5.69 Å². The van der Waals surface area contributed by atoms with Crippen molar-refractivity contribution < 1.29 is 23.9 Å². The standard InChI is InChI=1S/C25H18Cl2N2O6/c1-2-33-22-12-16(10-20(27)23(22)34-14-15-6-4-3-5-7-15)11-21-25(30)35-24(28-21)18-13-17(29(31)32)8-9-19(18)26/h3-13H,2,14H2,1H3/b21-11-. The largest absolute Gasteiger partial charge is 0.490 e. The van der Waals surface area contributed by atoms with Crippen LogP contribution in [-0.4, -0.2) is 23.4 Å². The minimum Gasteiger partial charge on any atom is -0.490 e. The predicted molar refractivity (Wildman–Crippen MR) is 132 cm³/mol. The average molecular weight is 513 g/mol. The van der Waals surface area contributed by atoms with Gasteiger partial charge in [-0.15, -0.1) is 0 Å². The van der Waals surface area contributed by atoms with Crippen molar-refractivity contribution in [3.8, 4) is 11.5 Å². The molecule has 0 N–H and O–H groups in total. The molecule has 3 aromatic carbocycles. The molecule has 0 saturated carbocycles. The van der Waals surface area contributed by atoms with E-state index in [-0.39, 0.29) is 32.9 Å². The van der Waals surface area contributed by atoms with Crippen molar-refractivity contribution in [1.29, 1.82) is 0 Å². The van der Waals surface area contributed by atoms with Gasteiger partial charge in [0.05, 0.1) is 27.1 Å². The number of nitro benzene ring substituents is 1. The Morgan fingerprint density at radius 2 is 1.83 bits per heavy atom. The fraction of sp³-hybridized carbons (Fsp3) is 0.120. The van der Waals surface area contributed by atoms with E-state index < -0.39 is 10.9 Å². The van der Waals surface area contributed by atoms with Gasteiger partial charge in [-0.1, -0.05) is 53.5 Å². The Morgan fingerprint density at radius 1 is 1.06 bits per heavy atom. The van der Waals surface area contributed by atoms with Crippen molar-refractivity contribution in [3.05, 3.63) is 103 Å². The highest BCUT2D eigenvalue weighted by atomic mass is 35.5. The zero-order chi connectivity index (χ0) is 24.9. The molecule has 0 unspecified atom stereocenters. The average Bonchev–Trinajstić information content (AvgIpc) is 3.19. The highest BCUT2D eigenvalue weighted by Gasteiger charge is 2.27. The Bertz CT molecular complexity index is 1360. The number of ether oxygens (including phenoxy) is 3. The zero-order valence-electron chi connectivity index (χ0n) is 18.4. The molecule has 0 aromatic heterocycles. The maximum Gasteiger partial charge on any atom is 0.363 e. The minimum absolute atomic E-state index is 0.0287. The molecule has 0 aliphatic carbocycles. The second-order valence-electron chi connectivity index (χ2n) is 7.29. The van der Waals surface area contributed by atoms with E-state index >= 15 is 0 Å². The lowest BCUT2D eigenvalue weighted by Gasteiger charge is -2.14. The van der Waals surface area contributed by atoms with E-state index in [1.807, 2.05) is 37.3 Å². The number of hydrogen-bond acceptors (Lipinski definition) is 7. The van der Waals surface area contributed by atoms with E-state index in [2.05, 4.69) is 4.99 Å². The molecule has 0 radical (unpaired) electrons. The fourth-order valence-electron chi connectivity index (χ4n) is 3.28. The summed E-state index contributed by atoms with van der Waals surface area (Å²) in [6, 6.07) is 16.7. The zero-order valence-corrected chi connectivity index (χ0v) is 19.9. The van der Waals surface area contributed by atoms with Crippen molar-refractivity contribution in [2.75, 3.05) is 6.61 Å². The number of nitro groups is 1. The van der Waals surface area contributed by atoms with Gasteiger partial charge in [0.2, 0.25) is 5.90 Å². The molecule has 1 aliphatic heterocycles. The summed E-state index contributed by atoms with van der Waals surface area (Å²) in [5.74, 6) is -0.0869. The van der Waals surface area contributed by atoms with Crippen LogP contribution in [0.3, 0.4) is 0 Å². The molecular formula is C25H18Cl2N2O6. The van der Waals surface area contributed by atoms with Crippen molar-refractivity contribution in [1.82, 2.24) is 0 Å². The maximum absolute atomic E-state index is 12.4. The summed E-state index contributed by atoms with van der Waals surface area (Å²) in [5.41, 5.74) is 1.38. The molecular weight excluding hydrogens is 495 g/mol. The summed E-state index contributed by atoms with van der Waals surface area (Å²) in [5, 5.41) is 11.5. The van der Waals surface area contributed by atoms with Crippen LogP contribution in [0.4, 0.5) is 5.69 Å². The third-order valence-electron chi connectivity index (χ3n) is 4.87. The van der Waals surface area contributed by atoms with Crippen LogP contribution in [0.25, 0.3) is 6.08 Å². The van der Waals surface area contributed by atoms with Crippen LogP contribution < -0.4 is 9.47 Å². The molecule has 4 rings (SSSR count). The van der Waals surface area contributed by atoms with E-state index in [0.29, 0.717) is 30.3 Å². The normalized spacial score (nSPS) is 14.0. The molecule has 8 nitrogen and oxygen atoms in total. The van der Waals surface area contributed by atoms with Crippen LogP contribution in [0.15, 0.2) is 71.4 Å². The molecule has 0 saturated heterocycles. The number of carbonyl (C=O) groups excluding carboxylic acids is 1. The van der Waals surface area contributed by atoms with Crippen molar-refractivity contribution in [2.24, 2.45) is 4.99 Å². The molecule has 35 heavy (non-hydrogen) atoms. The number of hydrogen-bond donors (Lipinski definition) is 0. The van der Waals surface area contributed by atoms with Gasteiger partial charge in [-0.05, 0) is 42.3 Å². The smallest absolute Gasteiger partial charge is 0.363 e. The number of benzene rings is 3. The van der Waals surface area contributed by atoms with Gasteiger partial charge in [-0.25, -0.2) is 9.79 Å². The van der Waals surface area contributed by atoms with E-state index in [4.69, 9.17) is 37.4 Å². The molecule has 0 amide bonds. The Morgan fingerprint density at radius 3 is 2.54 bits per heavy atom. The van der Waals surface area contributed by atoms with Gasteiger partial charge >= 0.3 is 5.97 Å². The Hall–Kier alpha value is -3.88. The lowest BCUT2D eigenvalue weighted by molar-refractivity contribution is -0.384. The number of halogens is 2. The highest BCUT2D eigenvalue weighted by Crippen LogP contribution is 2.38. The topological polar surface area (TPSA) is 100 Å². The third kappa shape index (κ3) is 5.62.